The number of anilines is 1. The fraction of sp³-hybridized carbons (Fsp3) is 0. The molecule has 0 bridgehead atoms. The number of H-pyrrole nitrogens is 1. The van der Waals surface area contributed by atoms with Gasteiger partial charge in [-0.25, -0.2) is 9.97 Å². The molecule has 3 aromatic rings. The second kappa shape index (κ2) is 5.09. The van der Waals surface area contributed by atoms with Crippen LogP contribution >= 0.6 is 0 Å². The molecule has 6 nitrogen and oxygen atoms in total. The minimum atomic E-state index is -0.459. The van der Waals surface area contributed by atoms with Crippen LogP contribution in [0.25, 0.3) is 22.5 Å². The number of benzene rings is 1. The van der Waals surface area contributed by atoms with Crippen molar-refractivity contribution in [2.75, 3.05) is 5.73 Å². The van der Waals surface area contributed by atoms with Gasteiger partial charge in [-0.3, -0.25) is 4.79 Å². The summed E-state index contributed by atoms with van der Waals surface area (Å²) in [5, 5.41) is 0. The number of aromatic nitrogens is 3. The summed E-state index contributed by atoms with van der Waals surface area (Å²) in [6.07, 6.45) is 3.39. The van der Waals surface area contributed by atoms with Gasteiger partial charge in [-0.2, -0.15) is 0 Å². The van der Waals surface area contributed by atoms with Crippen molar-refractivity contribution in [3.8, 4) is 22.5 Å². The van der Waals surface area contributed by atoms with Gasteiger partial charge in [0.05, 0.1) is 11.4 Å². The maximum atomic E-state index is 11.5. The van der Waals surface area contributed by atoms with Crippen LogP contribution < -0.4 is 11.5 Å². The summed E-state index contributed by atoms with van der Waals surface area (Å²) in [5.74, 6) is -0.249. The Bertz CT molecular complexity index is 809. The summed E-state index contributed by atoms with van der Waals surface area (Å²) < 4.78 is 0. The molecule has 5 N–H and O–H groups in total. The van der Waals surface area contributed by atoms with Crippen LogP contribution in [-0.4, -0.2) is 20.9 Å². The zero-order chi connectivity index (χ0) is 14.8. The predicted molar refractivity (Wildman–Crippen MR) is 80.2 cm³/mol. The molecule has 2 aromatic heterocycles. The summed E-state index contributed by atoms with van der Waals surface area (Å²) >= 11 is 0. The van der Waals surface area contributed by atoms with E-state index in [-0.39, 0.29) is 5.95 Å². The molecule has 0 saturated heterocycles. The van der Waals surface area contributed by atoms with Gasteiger partial charge < -0.3 is 16.5 Å². The summed E-state index contributed by atoms with van der Waals surface area (Å²) in [6, 6.07) is 10.8. The summed E-state index contributed by atoms with van der Waals surface area (Å²) in [6.45, 7) is 0. The molecule has 0 aliphatic carbocycles. The Kier molecular flexibility index (Phi) is 3.12. The van der Waals surface area contributed by atoms with Crippen molar-refractivity contribution >= 4 is 11.9 Å². The number of hydrogen-bond donors (Lipinski definition) is 3. The Morgan fingerprint density at radius 3 is 2.76 bits per heavy atom. The highest BCUT2D eigenvalue weighted by Gasteiger charge is 2.11. The Morgan fingerprint density at radius 2 is 2.00 bits per heavy atom. The first-order valence-corrected chi connectivity index (χ1v) is 6.31. The normalized spacial score (nSPS) is 10.5. The average molecular weight is 279 g/mol. The van der Waals surface area contributed by atoms with Crippen molar-refractivity contribution in [3.05, 3.63) is 54.4 Å². The second-order valence-corrected chi connectivity index (χ2v) is 4.51. The highest BCUT2D eigenvalue weighted by molar-refractivity contribution is 6.00. The van der Waals surface area contributed by atoms with Crippen molar-refractivity contribution < 1.29 is 4.79 Å². The maximum absolute atomic E-state index is 11.5. The van der Waals surface area contributed by atoms with Crippen LogP contribution in [0.3, 0.4) is 0 Å². The summed E-state index contributed by atoms with van der Waals surface area (Å²) in [7, 11) is 0. The first kappa shape index (κ1) is 12.9. The van der Waals surface area contributed by atoms with E-state index in [0.717, 1.165) is 16.8 Å². The number of nitrogens with zero attached hydrogens (tertiary/aromatic N) is 2. The fourth-order valence-electron chi connectivity index (χ4n) is 2.17. The van der Waals surface area contributed by atoms with Crippen LogP contribution in [0.5, 0.6) is 0 Å². The number of nitrogen functional groups attached to an aromatic ring is 1. The number of aromatic amines is 1. The molecular weight excluding hydrogens is 266 g/mol. The number of amides is 1. The topological polar surface area (TPSA) is 111 Å². The molecule has 0 saturated carbocycles. The van der Waals surface area contributed by atoms with Gasteiger partial charge in [0.2, 0.25) is 11.9 Å². The number of carbonyl (C=O) groups is 1. The van der Waals surface area contributed by atoms with E-state index in [1.54, 1.807) is 30.6 Å². The monoisotopic (exact) mass is 279 g/mol. The number of carbonyl (C=O) groups excluding carboxylic acids is 1. The van der Waals surface area contributed by atoms with E-state index in [2.05, 4.69) is 15.0 Å². The zero-order valence-corrected chi connectivity index (χ0v) is 11.1. The van der Waals surface area contributed by atoms with E-state index in [1.807, 2.05) is 18.2 Å². The van der Waals surface area contributed by atoms with Gasteiger partial charge in [0, 0.05) is 23.5 Å². The zero-order valence-electron chi connectivity index (χ0n) is 11.1. The van der Waals surface area contributed by atoms with E-state index < -0.39 is 5.91 Å². The van der Waals surface area contributed by atoms with Crippen LogP contribution in [0.15, 0.2) is 48.8 Å². The van der Waals surface area contributed by atoms with Crippen LogP contribution in [0, 0.1) is 0 Å². The molecule has 2 heterocycles. The number of nitrogens with one attached hydrogen (secondary N) is 1. The Balaban J connectivity index is 2.05. The first-order chi connectivity index (χ1) is 10.1. The summed E-state index contributed by atoms with van der Waals surface area (Å²) in [5.41, 5.74) is 14.6. The number of nitrogens with two attached hydrogens (primary N) is 2. The minimum Gasteiger partial charge on any atom is -0.368 e. The molecule has 0 unspecified atom stereocenters. The molecule has 104 valence electrons. The third-order valence-electron chi connectivity index (χ3n) is 3.14. The van der Waals surface area contributed by atoms with Gasteiger partial charge in [-0.05, 0) is 23.8 Å². The number of hydrogen-bond acceptors (Lipinski definition) is 4. The van der Waals surface area contributed by atoms with Crippen molar-refractivity contribution in [3.63, 3.8) is 0 Å². The molecule has 21 heavy (non-hydrogen) atoms. The molecular formula is C15H13N5O. The molecule has 0 atom stereocenters. The van der Waals surface area contributed by atoms with Gasteiger partial charge in [-0.15, -0.1) is 0 Å². The number of rotatable bonds is 3. The number of primary amides is 1. The molecule has 0 radical (unpaired) electrons. The van der Waals surface area contributed by atoms with Crippen LogP contribution in [-0.2, 0) is 0 Å². The molecule has 6 heteroatoms. The molecule has 0 spiro atoms. The smallest absolute Gasteiger partial charge is 0.249 e. The Labute approximate surface area is 120 Å². The third kappa shape index (κ3) is 2.46. The Morgan fingerprint density at radius 1 is 1.19 bits per heavy atom. The van der Waals surface area contributed by atoms with E-state index >= 15 is 0 Å². The van der Waals surface area contributed by atoms with Gasteiger partial charge in [0.1, 0.15) is 0 Å². The summed E-state index contributed by atoms with van der Waals surface area (Å²) in [4.78, 5) is 22.6. The van der Waals surface area contributed by atoms with E-state index in [9.17, 15) is 4.79 Å². The van der Waals surface area contributed by atoms with Gasteiger partial charge in [0.15, 0.2) is 0 Å². The van der Waals surface area contributed by atoms with Crippen molar-refractivity contribution in [2.45, 2.75) is 0 Å². The lowest BCUT2D eigenvalue weighted by Gasteiger charge is -2.03. The predicted octanol–water partition coefficient (Wildman–Crippen LogP) is 1.82. The minimum absolute atomic E-state index is 0.209. The van der Waals surface area contributed by atoms with Crippen LogP contribution in [0.4, 0.5) is 5.95 Å². The van der Waals surface area contributed by atoms with E-state index in [4.69, 9.17) is 11.5 Å². The first-order valence-electron chi connectivity index (χ1n) is 6.31. The SMILES string of the molecule is NC(=O)c1ccccc1-c1c[nH]c(-c2ccnc(N)n2)c1. The van der Waals surface area contributed by atoms with Crippen molar-refractivity contribution in [1.82, 2.24) is 15.0 Å². The quantitative estimate of drug-likeness (QED) is 0.679. The van der Waals surface area contributed by atoms with Crippen LogP contribution in [0.2, 0.25) is 0 Å². The largest absolute Gasteiger partial charge is 0.368 e. The molecule has 0 fully saturated rings. The fourth-order valence-corrected chi connectivity index (χ4v) is 2.17. The molecule has 0 aliphatic rings. The van der Waals surface area contributed by atoms with E-state index in [0.29, 0.717) is 11.3 Å². The molecule has 0 aliphatic heterocycles. The molecule has 3 rings (SSSR count). The molecule has 1 aromatic carbocycles. The van der Waals surface area contributed by atoms with Crippen molar-refractivity contribution in [2.24, 2.45) is 5.73 Å². The van der Waals surface area contributed by atoms with Gasteiger partial charge in [-0.1, -0.05) is 18.2 Å². The van der Waals surface area contributed by atoms with Gasteiger partial charge >= 0.3 is 0 Å². The third-order valence-corrected chi connectivity index (χ3v) is 3.14. The molecule has 1 amide bonds. The Hall–Kier alpha value is -3.15. The lowest BCUT2D eigenvalue weighted by atomic mass is 10.0. The second-order valence-electron chi connectivity index (χ2n) is 4.51. The standard InChI is InChI=1S/C15H13N5O/c16-14(21)11-4-2-1-3-10(11)9-7-13(19-8-9)12-5-6-18-15(17)20-12/h1-8,19H,(H2,16,21)(H2,17,18,20). The van der Waals surface area contributed by atoms with E-state index in [1.165, 1.54) is 0 Å². The maximum Gasteiger partial charge on any atom is 0.249 e. The van der Waals surface area contributed by atoms with Crippen LogP contribution in [0.1, 0.15) is 10.4 Å². The lowest BCUT2D eigenvalue weighted by molar-refractivity contribution is 0.100. The lowest BCUT2D eigenvalue weighted by Crippen LogP contribution is -2.11. The average Bonchev–Trinajstić information content (AvgIpc) is 2.97. The van der Waals surface area contributed by atoms with Crippen molar-refractivity contribution in [1.29, 1.82) is 0 Å². The highest BCUT2D eigenvalue weighted by Crippen LogP contribution is 2.27. The highest BCUT2D eigenvalue weighted by atomic mass is 16.1. The van der Waals surface area contributed by atoms with Gasteiger partial charge in [0.25, 0.3) is 0 Å².